The van der Waals surface area contributed by atoms with Crippen LogP contribution in [0.4, 0.5) is 0 Å². The molecule has 5 nitrogen and oxygen atoms in total. The summed E-state index contributed by atoms with van der Waals surface area (Å²) in [5, 5.41) is 8.07. The second kappa shape index (κ2) is 7.54. The molecule has 0 aromatic carbocycles. The Balaban J connectivity index is 2.04. The van der Waals surface area contributed by atoms with Crippen molar-refractivity contribution in [1.29, 1.82) is 0 Å². The molecular weight excluding hydrogens is 322 g/mol. The first kappa shape index (κ1) is 15.9. The quantitative estimate of drug-likeness (QED) is 0.821. The average molecular weight is 346 g/mol. The Morgan fingerprint density at radius 1 is 1.40 bits per heavy atom. The smallest absolute Gasteiger partial charge is 0.159 e. The second-order valence-corrected chi connectivity index (χ2v) is 5.84. The van der Waals surface area contributed by atoms with Gasteiger partial charge >= 0.3 is 0 Å². The highest BCUT2D eigenvalue weighted by Crippen LogP contribution is 2.24. The number of nitrogens with zero attached hydrogens (tertiary/aromatic N) is 2. The van der Waals surface area contributed by atoms with Crippen LogP contribution in [0.2, 0.25) is 0 Å². The lowest BCUT2D eigenvalue weighted by Gasteiger charge is -2.21. The van der Waals surface area contributed by atoms with Crippen molar-refractivity contribution in [3.05, 3.63) is 15.9 Å². The molecular formula is C14H24BrN3O2. The third kappa shape index (κ3) is 3.81. The van der Waals surface area contributed by atoms with E-state index >= 15 is 0 Å². The SMILES string of the molecule is CCNC(Cc1c(Br)c(CC)nn1C)CC1OCCO1. The van der Waals surface area contributed by atoms with Crippen molar-refractivity contribution < 1.29 is 9.47 Å². The number of rotatable bonds is 7. The van der Waals surface area contributed by atoms with Crippen LogP contribution in [-0.4, -0.2) is 41.9 Å². The summed E-state index contributed by atoms with van der Waals surface area (Å²) in [6, 6.07) is 0.333. The maximum atomic E-state index is 5.56. The zero-order valence-corrected chi connectivity index (χ0v) is 14.1. The molecule has 6 heteroatoms. The topological polar surface area (TPSA) is 48.3 Å². The molecule has 1 fully saturated rings. The number of aryl methyl sites for hydroxylation is 2. The van der Waals surface area contributed by atoms with Crippen LogP contribution in [0.1, 0.15) is 31.7 Å². The van der Waals surface area contributed by atoms with E-state index in [-0.39, 0.29) is 6.29 Å². The summed E-state index contributed by atoms with van der Waals surface area (Å²) in [5.41, 5.74) is 2.34. The molecule has 0 aliphatic carbocycles. The Morgan fingerprint density at radius 2 is 2.10 bits per heavy atom. The molecule has 114 valence electrons. The van der Waals surface area contributed by atoms with E-state index < -0.39 is 0 Å². The summed E-state index contributed by atoms with van der Waals surface area (Å²) in [6.45, 7) is 6.60. The molecule has 0 spiro atoms. The van der Waals surface area contributed by atoms with Gasteiger partial charge in [0.1, 0.15) is 0 Å². The molecule has 0 radical (unpaired) electrons. The number of likely N-dealkylation sites (N-methyl/N-ethyl adjacent to an activating group) is 1. The number of halogens is 1. The lowest BCUT2D eigenvalue weighted by Crippen LogP contribution is -2.35. The molecule has 2 heterocycles. The van der Waals surface area contributed by atoms with Crippen LogP contribution in [0.15, 0.2) is 4.47 Å². The average Bonchev–Trinajstić information content (AvgIpc) is 3.02. The van der Waals surface area contributed by atoms with Crippen molar-refractivity contribution in [2.75, 3.05) is 19.8 Å². The van der Waals surface area contributed by atoms with Crippen LogP contribution in [0.25, 0.3) is 0 Å². The standard InChI is InChI=1S/C14H24BrN3O2/c1-4-11-14(15)12(18(3)17-11)8-10(16-5-2)9-13-19-6-7-20-13/h10,13,16H,4-9H2,1-3H3. The Labute approximate surface area is 129 Å². The summed E-state index contributed by atoms with van der Waals surface area (Å²) in [7, 11) is 2.00. The van der Waals surface area contributed by atoms with Gasteiger partial charge in [-0.3, -0.25) is 4.68 Å². The molecule has 1 aliphatic rings. The highest BCUT2D eigenvalue weighted by molar-refractivity contribution is 9.10. The van der Waals surface area contributed by atoms with Gasteiger partial charge in [-0.25, -0.2) is 0 Å². The lowest BCUT2D eigenvalue weighted by molar-refractivity contribution is -0.0526. The lowest BCUT2D eigenvalue weighted by atomic mass is 10.1. The van der Waals surface area contributed by atoms with E-state index in [9.17, 15) is 0 Å². The molecule has 1 aliphatic heterocycles. The predicted octanol–water partition coefficient (Wildman–Crippen LogP) is 2.03. The molecule has 1 N–H and O–H groups in total. The molecule has 0 bridgehead atoms. The Hall–Kier alpha value is -0.430. The molecule has 1 atom stereocenters. The molecule has 0 saturated carbocycles. The molecule has 1 saturated heterocycles. The van der Waals surface area contributed by atoms with Crippen molar-refractivity contribution in [2.45, 2.75) is 45.4 Å². The van der Waals surface area contributed by atoms with Crippen LogP contribution in [0, 0.1) is 0 Å². The number of hydrogen-bond acceptors (Lipinski definition) is 4. The fraction of sp³-hybridized carbons (Fsp3) is 0.786. The fourth-order valence-corrected chi connectivity index (χ4v) is 3.36. The summed E-state index contributed by atoms with van der Waals surface area (Å²) in [5.74, 6) is 0. The fourth-order valence-electron chi connectivity index (χ4n) is 2.58. The molecule has 2 rings (SSSR count). The van der Waals surface area contributed by atoms with Crippen LogP contribution in [0.3, 0.4) is 0 Å². The van der Waals surface area contributed by atoms with Crippen molar-refractivity contribution in [3.63, 3.8) is 0 Å². The van der Waals surface area contributed by atoms with E-state index in [1.54, 1.807) is 0 Å². The number of hydrogen-bond donors (Lipinski definition) is 1. The highest BCUT2D eigenvalue weighted by atomic mass is 79.9. The Bertz CT molecular complexity index is 430. The zero-order chi connectivity index (χ0) is 14.5. The minimum atomic E-state index is -0.0725. The van der Waals surface area contributed by atoms with Gasteiger partial charge in [0.15, 0.2) is 6.29 Å². The molecule has 1 aromatic heterocycles. The largest absolute Gasteiger partial charge is 0.350 e. The van der Waals surface area contributed by atoms with Crippen LogP contribution >= 0.6 is 15.9 Å². The van der Waals surface area contributed by atoms with E-state index in [2.05, 4.69) is 40.2 Å². The van der Waals surface area contributed by atoms with Gasteiger partial charge in [0, 0.05) is 25.9 Å². The first-order valence-corrected chi connectivity index (χ1v) is 8.11. The molecule has 20 heavy (non-hydrogen) atoms. The molecule has 1 aromatic rings. The van der Waals surface area contributed by atoms with Gasteiger partial charge in [0.25, 0.3) is 0 Å². The van der Waals surface area contributed by atoms with Crippen molar-refractivity contribution >= 4 is 15.9 Å². The van der Waals surface area contributed by atoms with Gasteiger partial charge in [0.2, 0.25) is 0 Å². The van der Waals surface area contributed by atoms with Crippen LogP contribution in [0.5, 0.6) is 0 Å². The summed E-state index contributed by atoms with van der Waals surface area (Å²) >= 11 is 3.68. The first-order chi connectivity index (χ1) is 9.65. The number of aromatic nitrogens is 2. The van der Waals surface area contributed by atoms with E-state index in [4.69, 9.17) is 9.47 Å². The normalized spacial score (nSPS) is 17.8. The van der Waals surface area contributed by atoms with E-state index in [1.165, 1.54) is 5.69 Å². The van der Waals surface area contributed by atoms with E-state index in [1.807, 2.05) is 11.7 Å². The molecule has 0 amide bonds. The predicted molar refractivity (Wildman–Crippen MR) is 81.8 cm³/mol. The third-order valence-electron chi connectivity index (χ3n) is 3.60. The van der Waals surface area contributed by atoms with Gasteiger partial charge in [0.05, 0.1) is 29.1 Å². The third-order valence-corrected chi connectivity index (χ3v) is 4.52. The van der Waals surface area contributed by atoms with Gasteiger partial charge in [-0.05, 0) is 28.9 Å². The highest BCUT2D eigenvalue weighted by Gasteiger charge is 2.23. The number of nitrogens with one attached hydrogen (secondary N) is 1. The van der Waals surface area contributed by atoms with Gasteiger partial charge < -0.3 is 14.8 Å². The zero-order valence-electron chi connectivity index (χ0n) is 12.5. The van der Waals surface area contributed by atoms with Gasteiger partial charge in [-0.1, -0.05) is 13.8 Å². The van der Waals surface area contributed by atoms with E-state index in [0.29, 0.717) is 19.3 Å². The van der Waals surface area contributed by atoms with Gasteiger partial charge in [-0.2, -0.15) is 5.10 Å². The summed E-state index contributed by atoms with van der Waals surface area (Å²) < 4.78 is 14.2. The Kier molecular flexibility index (Phi) is 6.01. The maximum absolute atomic E-state index is 5.56. The van der Waals surface area contributed by atoms with Crippen LogP contribution < -0.4 is 5.32 Å². The second-order valence-electron chi connectivity index (χ2n) is 5.05. The first-order valence-electron chi connectivity index (χ1n) is 7.32. The summed E-state index contributed by atoms with van der Waals surface area (Å²) in [6.07, 6.45) is 2.65. The monoisotopic (exact) mass is 345 g/mol. The Morgan fingerprint density at radius 3 is 2.65 bits per heavy atom. The summed E-state index contributed by atoms with van der Waals surface area (Å²) in [4.78, 5) is 0. The minimum absolute atomic E-state index is 0.0725. The maximum Gasteiger partial charge on any atom is 0.159 e. The van der Waals surface area contributed by atoms with Crippen molar-refractivity contribution in [1.82, 2.24) is 15.1 Å². The molecule has 1 unspecified atom stereocenters. The van der Waals surface area contributed by atoms with Crippen molar-refractivity contribution in [2.24, 2.45) is 7.05 Å². The van der Waals surface area contributed by atoms with Crippen molar-refractivity contribution in [3.8, 4) is 0 Å². The van der Waals surface area contributed by atoms with E-state index in [0.717, 1.165) is 36.0 Å². The van der Waals surface area contributed by atoms with Gasteiger partial charge in [-0.15, -0.1) is 0 Å². The van der Waals surface area contributed by atoms with Crippen LogP contribution in [-0.2, 0) is 29.4 Å². The minimum Gasteiger partial charge on any atom is -0.350 e. The number of ether oxygens (including phenoxy) is 2.